The number of allylic oxidation sites excluding steroid dienone is 1. The normalized spacial score (nSPS) is 23.8. The van der Waals surface area contributed by atoms with Crippen LogP contribution in [0.2, 0.25) is 0 Å². The van der Waals surface area contributed by atoms with Gasteiger partial charge in [-0.3, -0.25) is 9.69 Å². The molecule has 1 N–H and O–H groups in total. The molecular formula is C16H19FN2O. The Labute approximate surface area is 118 Å². The molecule has 0 amide bonds. The van der Waals surface area contributed by atoms with E-state index in [0.717, 1.165) is 18.8 Å². The fourth-order valence-electron chi connectivity index (χ4n) is 2.93. The van der Waals surface area contributed by atoms with E-state index in [-0.39, 0.29) is 17.6 Å². The minimum atomic E-state index is -0.270. The number of halogens is 1. The highest BCUT2D eigenvalue weighted by atomic mass is 19.1. The van der Waals surface area contributed by atoms with Gasteiger partial charge in [0, 0.05) is 18.2 Å². The lowest BCUT2D eigenvalue weighted by atomic mass is 10.1. The lowest BCUT2D eigenvalue weighted by Crippen LogP contribution is -2.37. The number of likely N-dealkylation sites (tertiary alicyclic amines) is 1. The summed E-state index contributed by atoms with van der Waals surface area (Å²) in [4.78, 5) is 14.5. The second-order valence-electron chi connectivity index (χ2n) is 5.50. The van der Waals surface area contributed by atoms with E-state index < -0.39 is 0 Å². The first-order valence-corrected chi connectivity index (χ1v) is 7.24. The van der Waals surface area contributed by atoms with Crippen LogP contribution in [0.4, 0.5) is 10.1 Å². The highest BCUT2D eigenvalue weighted by Crippen LogP contribution is 2.24. The molecule has 1 heterocycles. The van der Waals surface area contributed by atoms with Crippen molar-refractivity contribution in [3.05, 3.63) is 41.9 Å². The molecule has 4 heteroatoms. The van der Waals surface area contributed by atoms with E-state index in [0.29, 0.717) is 12.1 Å². The molecule has 1 fully saturated rings. The third kappa shape index (κ3) is 2.90. The number of Topliss-reactive ketones (excluding diaryl/α,β-unsaturated/α-hetero) is 1. The number of rotatable bonds is 3. The molecule has 3 rings (SSSR count). The van der Waals surface area contributed by atoms with Crippen molar-refractivity contribution < 1.29 is 9.18 Å². The summed E-state index contributed by atoms with van der Waals surface area (Å²) in [6.45, 7) is 2.16. The predicted molar refractivity (Wildman–Crippen MR) is 76.9 cm³/mol. The maximum absolute atomic E-state index is 12.9. The molecule has 1 aromatic carbocycles. The third-order valence-corrected chi connectivity index (χ3v) is 4.04. The Kier molecular flexibility index (Phi) is 3.83. The summed E-state index contributed by atoms with van der Waals surface area (Å²) in [5.74, 6) is -0.127. The molecule has 3 nitrogen and oxygen atoms in total. The maximum atomic E-state index is 12.9. The van der Waals surface area contributed by atoms with E-state index in [9.17, 15) is 9.18 Å². The van der Waals surface area contributed by atoms with Crippen LogP contribution in [-0.4, -0.2) is 29.8 Å². The lowest BCUT2D eigenvalue weighted by Gasteiger charge is -2.30. The average Bonchev–Trinajstić information content (AvgIpc) is 2.84. The van der Waals surface area contributed by atoms with E-state index in [1.165, 1.54) is 31.4 Å². The molecule has 20 heavy (non-hydrogen) atoms. The van der Waals surface area contributed by atoms with Gasteiger partial charge in [-0.1, -0.05) is 6.42 Å². The minimum Gasteiger partial charge on any atom is -0.353 e. The van der Waals surface area contributed by atoms with Gasteiger partial charge in [-0.15, -0.1) is 0 Å². The Bertz CT molecular complexity index is 518. The van der Waals surface area contributed by atoms with Crippen molar-refractivity contribution in [2.45, 2.75) is 31.7 Å². The minimum absolute atomic E-state index is 0.143. The molecular weight excluding hydrogens is 255 g/mol. The summed E-state index contributed by atoms with van der Waals surface area (Å²) in [7, 11) is 0. The lowest BCUT2D eigenvalue weighted by molar-refractivity contribution is -0.115. The van der Waals surface area contributed by atoms with E-state index in [1.807, 2.05) is 6.08 Å². The number of nitrogens with zero attached hydrogens (tertiary/aromatic N) is 1. The van der Waals surface area contributed by atoms with Gasteiger partial charge >= 0.3 is 0 Å². The number of anilines is 1. The molecule has 2 aliphatic rings. The molecule has 1 saturated heterocycles. The van der Waals surface area contributed by atoms with Crippen molar-refractivity contribution in [3.63, 3.8) is 0 Å². The highest BCUT2D eigenvalue weighted by molar-refractivity contribution is 6.01. The van der Waals surface area contributed by atoms with Crippen molar-refractivity contribution in [2.75, 3.05) is 18.4 Å². The van der Waals surface area contributed by atoms with Crippen LogP contribution >= 0.6 is 0 Å². The molecule has 0 unspecified atom stereocenters. The molecule has 0 saturated carbocycles. The van der Waals surface area contributed by atoms with Crippen LogP contribution in [0.3, 0.4) is 0 Å². The van der Waals surface area contributed by atoms with Gasteiger partial charge in [-0.25, -0.2) is 4.39 Å². The largest absolute Gasteiger partial charge is 0.353 e. The topological polar surface area (TPSA) is 32.3 Å². The summed E-state index contributed by atoms with van der Waals surface area (Å²) >= 11 is 0. The van der Waals surface area contributed by atoms with Gasteiger partial charge in [0.15, 0.2) is 5.78 Å². The van der Waals surface area contributed by atoms with E-state index in [2.05, 4.69) is 10.2 Å². The quantitative estimate of drug-likeness (QED) is 0.919. The molecule has 1 atom stereocenters. The second-order valence-corrected chi connectivity index (χ2v) is 5.50. The van der Waals surface area contributed by atoms with Crippen molar-refractivity contribution >= 4 is 11.5 Å². The van der Waals surface area contributed by atoms with Crippen LogP contribution in [-0.2, 0) is 4.79 Å². The fourth-order valence-corrected chi connectivity index (χ4v) is 2.93. The Morgan fingerprint density at radius 2 is 1.80 bits per heavy atom. The van der Waals surface area contributed by atoms with Gasteiger partial charge in [-0.05, 0) is 56.3 Å². The number of piperidine rings is 1. The van der Waals surface area contributed by atoms with Gasteiger partial charge < -0.3 is 5.32 Å². The van der Waals surface area contributed by atoms with Gasteiger partial charge in [0.2, 0.25) is 0 Å². The summed E-state index contributed by atoms with van der Waals surface area (Å²) in [6, 6.07) is 6.32. The molecule has 1 aromatic rings. The van der Waals surface area contributed by atoms with Crippen LogP contribution in [0, 0.1) is 5.82 Å². The van der Waals surface area contributed by atoms with Gasteiger partial charge in [-0.2, -0.15) is 0 Å². The number of nitrogens with one attached hydrogen (secondary N) is 1. The fraction of sp³-hybridized carbons (Fsp3) is 0.438. The first kappa shape index (κ1) is 13.3. The summed E-state index contributed by atoms with van der Waals surface area (Å²) < 4.78 is 12.9. The van der Waals surface area contributed by atoms with E-state index >= 15 is 0 Å². The molecule has 106 valence electrons. The van der Waals surface area contributed by atoms with E-state index in [4.69, 9.17) is 0 Å². The molecule has 0 radical (unpaired) electrons. The van der Waals surface area contributed by atoms with Gasteiger partial charge in [0.05, 0.1) is 5.70 Å². The molecule has 0 spiro atoms. The molecule has 0 bridgehead atoms. The average molecular weight is 274 g/mol. The zero-order chi connectivity index (χ0) is 13.9. The highest BCUT2D eigenvalue weighted by Gasteiger charge is 2.29. The van der Waals surface area contributed by atoms with Crippen molar-refractivity contribution in [3.8, 4) is 0 Å². The molecule has 0 aromatic heterocycles. The number of hydrogen-bond acceptors (Lipinski definition) is 3. The van der Waals surface area contributed by atoms with Gasteiger partial charge in [0.25, 0.3) is 0 Å². The Hall–Kier alpha value is -1.68. The summed E-state index contributed by atoms with van der Waals surface area (Å²) in [5.41, 5.74) is 1.40. The SMILES string of the molecule is O=C1C[C@H](N2CCCCC2)C=C1Nc1ccc(F)cc1. The molecule has 1 aliphatic heterocycles. The standard InChI is InChI=1S/C16H19FN2O/c17-12-4-6-13(7-5-12)18-15-10-14(11-16(15)20)19-8-2-1-3-9-19/h4-7,10,14,18H,1-3,8-9,11H2/t14-/m1/s1. The summed E-state index contributed by atoms with van der Waals surface area (Å²) in [6.07, 6.45) is 6.32. The first-order valence-electron chi connectivity index (χ1n) is 7.24. The van der Waals surface area contributed by atoms with Crippen molar-refractivity contribution in [2.24, 2.45) is 0 Å². The number of hydrogen-bond donors (Lipinski definition) is 1. The van der Waals surface area contributed by atoms with Crippen LogP contribution in [0.1, 0.15) is 25.7 Å². The molecule has 1 aliphatic carbocycles. The zero-order valence-corrected chi connectivity index (χ0v) is 11.4. The Balaban J connectivity index is 1.68. The second kappa shape index (κ2) is 5.75. The Morgan fingerprint density at radius 1 is 1.10 bits per heavy atom. The van der Waals surface area contributed by atoms with Crippen molar-refractivity contribution in [1.29, 1.82) is 0 Å². The zero-order valence-electron chi connectivity index (χ0n) is 11.4. The van der Waals surface area contributed by atoms with Gasteiger partial charge in [0.1, 0.15) is 5.82 Å². The smallest absolute Gasteiger partial charge is 0.180 e. The third-order valence-electron chi connectivity index (χ3n) is 4.04. The van der Waals surface area contributed by atoms with Crippen molar-refractivity contribution in [1.82, 2.24) is 4.90 Å². The number of ketones is 1. The van der Waals surface area contributed by atoms with Crippen LogP contribution in [0.15, 0.2) is 36.0 Å². The predicted octanol–water partition coefficient (Wildman–Crippen LogP) is 2.95. The number of carbonyl (C=O) groups excluding carboxylic acids is 1. The van der Waals surface area contributed by atoms with Crippen LogP contribution < -0.4 is 5.32 Å². The van der Waals surface area contributed by atoms with Crippen LogP contribution in [0.25, 0.3) is 0 Å². The Morgan fingerprint density at radius 3 is 2.50 bits per heavy atom. The monoisotopic (exact) mass is 274 g/mol. The first-order chi connectivity index (χ1) is 9.72. The maximum Gasteiger partial charge on any atom is 0.180 e. The number of benzene rings is 1. The van der Waals surface area contributed by atoms with Crippen LogP contribution in [0.5, 0.6) is 0 Å². The summed E-state index contributed by atoms with van der Waals surface area (Å²) in [5, 5.41) is 3.11. The number of carbonyl (C=O) groups is 1. The van der Waals surface area contributed by atoms with E-state index in [1.54, 1.807) is 12.1 Å².